The second-order valence-corrected chi connectivity index (χ2v) is 4.81. The van der Waals surface area contributed by atoms with E-state index in [4.69, 9.17) is 5.11 Å². The van der Waals surface area contributed by atoms with Crippen LogP contribution in [0, 0.1) is 6.92 Å². The zero-order chi connectivity index (χ0) is 15.0. The fraction of sp³-hybridized carbons (Fsp3) is 0.467. The summed E-state index contributed by atoms with van der Waals surface area (Å²) in [6, 6.07) is 7.64. The molecule has 1 rings (SSSR count). The first-order valence-electron chi connectivity index (χ1n) is 6.83. The van der Waals surface area contributed by atoms with Crippen molar-refractivity contribution in [3.8, 4) is 0 Å². The van der Waals surface area contributed by atoms with Crippen molar-refractivity contribution in [2.24, 2.45) is 0 Å². The summed E-state index contributed by atoms with van der Waals surface area (Å²) in [4.78, 5) is 24.1. The van der Waals surface area contributed by atoms with E-state index < -0.39 is 5.97 Å². The average Bonchev–Trinajstić information content (AvgIpc) is 2.42. The van der Waals surface area contributed by atoms with Crippen molar-refractivity contribution < 1.29 is 14.7 Å². The molecule has 0 bridgehead atoms. The second kappa shape index (κ2) is 8.19. The summed E-state index contributed by atoms with van der Waals surface area (Å²) >= 11 is 0. The lowest BCUT2D eigenvalue weighted by atomic mass is 10.1. The number of urea groups is 1. The smallest absolute Gasteiger partial charge is 0.323 e. The predicted molar refractivity (Wildman–Crippen MR) is 77.5 cm³/mol. The van der Waals surface area contributed by atoms with Gasteiger partial charge in [0.15, 0.2) is 0 Å². The maximum atomic E-state index is 12.0. The Kier molecular flexibility index (Phi) is 6.56. The third-order valence-corrected chi connectivity index (χ3v) is 2.95. The summed E-state index contributed by atoms with van der Waals surface area (Å²) in [5.41, 5.74) is 2.21. The zero-order valence-electron chi connectivity index (χ0n) is 12.1. The molecule has 0 heterocycles. The lowest BCUT2D eigenvalue weighted by molar-refractivity contribution is -0.135. The number of rotatable bonds is 7. The number of aliphatic carboxylic acids is 1. The van der Waals surface area contributed by atoms with Gasteiger partial charge in [0.1, 0.15) is 6.54 Å². The Labute approximate surface area is 119 Å². The summed E-state index contributed by atoms with van der Waals surface area (Å²) in [5.74, 6) is -1.04. The molecule has 1 aromatic carbocycles. The number of carboxylic acids is 1. The van der Waals surface area contributed by atoms with Gasteiger partial charge in [-0.3, -0.25) is 4.79 Å². The molecule has 20 heavy (non-hydrogen) atoms. The Bertz CT molecular complexity index is 443. The Morgan fingerprint density at radius 1 is 1.25 bits per heavy atom. The van der Waals surface area contributed by atoms with Crippen LogP contribution in [0.3, 0.4) is 0 Å². The van der Waals surface area contributed by atoms with E-state index in [9.17, 15) is 9.59 Å². The van der Waals surface area contributed by atoms with Crippen molar-refractivity contribution in [3.63, 3.8) is 0 Å². The quantitative estimate of drug-likeness (QED) is 0.804. The number of hydrogen-bond donors (Lipinski definition) is 2. The van der Waals surface area contributed by atoms with Gasteiger partial charge in [0.2, 0.25) is 0 Å². The number of amides is 2. The van der Waals surface area contributed by atoms with Crippen molar-refractivity contribution in [1.29, 1.82) is 0 Å². The molecule has 110 valence electrons. The van der Waals surface area contributed by atoms with Crippen LogP contribution >= 0.6 is 0 Å². The minimum Gasteiger partial charge on any atom is -0.480 e. The first kappa shape index (κ1) is 16.0. The van der Waals surface area contributed by atoms with Crippen molar-refractivity contribution in [2.75, 3.05) is 13.1 Å². The number of aryl methyl sites for hydroxylation is 1. The van der Waals surface area contributed by atoms with E-state index >= 15 is 0 Å². The molecule has 0 aromatic heterocycles. The fourth-order valence-electron chi connectivity index (χ4n) is 1.78. The van der Waals surface area contributed by atoms with Crippen LogP contribution in [0.1, 0.15) is 30.9 Å². The molecule has 0 saturated carbocycles. The Hall–Kier alpha value is -2.04. The summed E-state index contributed by atoms with van der Waals surface area (Å²) in [6.07, 6.45) is 1.88. The summed E-state index contributed by atoms with van der Waals surface area (Å²) in [7, 11) is 0. The van der Waals surface area contributed by atoms with E-state index in [-0.39, 0.29) is 12.6 Å². The third kappa shape index (κ3) is 5.73. The molecule has 5 nitrogen and oxygen atoms in total. The van der Waals surface area contributed by atoms with Crippen LogP contribution in [0.5, 0.6) is 0 Å². The molecule has 0 spiro atoms. The van der Waals surface area contributed by atoms with Crippen LogP contribution in [-0.4, -0.2) is 35.1 Å². The highest BCUT2D eigenvalue weighted by atomic mass is 16.4. The number of carbonyl (C=O) groups excluding carboxylic acids is 1. The topological polar surface area (TPSA) is 69.6 Å². The van der Waals surface area contributed by atoms with Gasteiger partial charge in [-0.05, 0) is 18.9 Å². The van der Waals surface area contributed by atoms with Crippen molar-refractivity contribution >= 4 is 12.0 Å². The van der Waals surface area contributed by atoms with E-state index in [2.05, 4.69) is 12.2 Å². The molecular weight excluding hydrogens is 256 g/mol. The maximum absolute atomic E-state index is 12.0. The number of hydrogen-bond acceptors (Lipinski definition) is 2. The molecule has 0 saturated heterocycles. The van der Waals surface area contributed by atoms with Crippen LogP contribution in [-0.2, 0) is 11.3 Å². The van der Waals surface area contributed by atoms with E-state index in [0.29, 0.717) is 13.1 Å². The van der Waals surface area contributed by atoms with Gasteiger partial charge < -0.3 is 15.3 Å². The molecule has 0 fully saturated rings. The van der Waals surface area contributed by atoms with Crippen molar-refractivity contribution in [3.05, 3.63) is 35.4 Å². The van der Waals surface area contributed by atoms with Crippen molar-refractivity contribution in [2.45, 2.75) is 33.2 Å². The Balaban J connectivity index is 2.65. The molecule has 0 aliphatic rings. The van der Waals surface area contributed by atoms with Gasteiger partial charge in [-0.25, -0.2) is 4.79 Å². The zero-order valence-corrected chi connectivity index (χ0v) is 12.1. The normalized spacial score (nSPS) is 10.1. The number of unbranched alkanes of at least 4 members (excludes halogenated alkanes) is 1. The van der Waals surface area contributed by atoms with Crippen LogP contribution < -0.4 is 5.32 Å². The van der Waals surface area contributed by atoms with Crippen molar-refractivity contribution in [1.82, 2.24) is 10.2 Å². The molecule has 2 amide bonds. The van der Waals surface area contributed by atoms with Crippen LogP contribution in [0.2, 0.25) is 0 Å². The SMILES string of the molecule is CCCCN(Cc1ccc(C)cc1)C(=O)NCC(=O)O. The van der Waals surface area contributed by atoms with Gasteiger partial charge in [0.05, 0.1) is 0 Å². The van der Waals surface area contributed by atoms with Gasteiger partial charge in [-0.1, -0.05) is 43.2 Å². The van der Waals surface area contributed by atoms with Crippen LogP contribution in [0.15, 0.2) is 24.3 Å². The first-order valence-corrected chi connectivity index (χ1v) is 6.83. The lowest BCUT2D eigenvalue weighted by Gasteiger charge is -2.22. The maximum Gasteiger partial charge on any atom is 0.323 e. The summed E-state index contributed by atoms with van der Waals surface area (Å²) in [5, 5.41) is 11.0. The summed E-state index contributed by atoms with van der Waals surface area (Å²) < 4.78 is 0. The standard InChI is InChI=1S/C15H22N2O3/c1-3-4-9-17(15(20)16-10-14(18)19)11-13-7-5-12(2)6-8-13/h5-8H,3-4,9-11H2,1-2H3,(H,16,20)(H,18,19). The third-order valence-electron chi connectivity index (χ3n) is 2.95. The fourth-order valence-corrected chi connectivity index (χ4v) is 1.78. The molecule has 0 aliphatic carbocycles. The second-order valence-electron chi connectivity index (χ2n) is 4.81. The molecule has 2 N–H and O–H groups in total. The Morgan fingerprint density at radius 3 is 2.45 bits per heavy atom. The Morgan fingerprint density at radius 2 is 1.90 bits per heavy atom. The van der Waals surface area contributed by atoms with Gasteiger partial charge >= 0.3 is 12.0 Å². The molecule has 0 unspecified atom stereocenters. The minimum atomic E-state index is -1.04. The van der Waals surface area contributed by atoms with E-state index in [1.807, 2.05) is 31.2 Å². The van der Waals surface area contributed by atoms with E-state index in [1.165, 1.54) is 5.56 Å². The highest BCUT2D eigenvalue weighted by Crippen LogP contribution is 2.08. The number of carbonyl (C=O) groups is 2. The molecular formula is C15H22N2O3. The molecule has 0 atom stereocenters. The minimum absolute atomic E-state index is 0.332. The molecule has 0 radical (unpaired) electrons. The van der Waals surface area contributed by atoms with Gasteiger partial charge in [-0.2, -0.15) is 0 Å². The average molecular weight is 278 g/mol. The van der Waals surface area contributed by atoms with Crippen LogP contribution in [0.4, 0.5) is 4.79 Å². The molecule has 5 heteroatoms. The molecule has 0 aliphatic heterocycles. The van der Waals surface area contributed by atoms with Gasteiger partial charge in [-0.15, -0.1) is 0 Å². The van der Waals surface area contributed by atoms with Crippen LogP contribution in [0.25, 0.3) is 0 Å². The largest absolute Gasteiger partial charge is 0.480 e. The number of nitrogens with one attached hydrogen (secondary N) is 1. The van der Waals surface area contributed by atoms with Gasteiger partial charge in [0.25, 0.3) is 0 Å². The highest BCUT2D eigenvalue weighted by molar-refractivity contribution is 5.79. The molecule has 1 aromatic rings. The predicted octanol–water partition coefficient (Wildman–Crippen LogP) is 2.39. The highest BCUT2D eigenvalue weighted by Gasteiger charge is 2.14. The summed E-state index contributed by atoms with van der Waals surface area (Å²) in [6.45, 7) is 4.83. The monoisotopic (exact) mass is 278 g/mol. The van der Waals surface area contributed by atoms with E-state index in [1.54, 1.807) is 4.90 Å². The van der Waals surface area contributed by atoms with E-state index in [0.717, 1.165) is 18.4 Å². The number of benzene rings is 1. The number of carboxylic acid groups (broad SMARTS) is 1. The number of nitrogens with zero attached hydrogens (tertiary/aromatic N) is 1. The first-order chi connectivity index (χ1) is 9.52. The lowest BCUT2D eigenvalue weighted by Crippen LogP contribution is -2.42. The van der Waals surface area contributed by atoms with Gasteiger partial charge in [0, 0.05) is 13.1 Å².